The lowest BCUT2D eigenvalue weighted by molar-refractivity contribution is 0.445. The molecule has 1 aromatic carbocycles. The minimum absolute atomic E-state index is 0.175. The SMILES string of the molecule is C#CCSCCNC(CC)c1cc(Br)ccc1O. The molecule has 4 heteroatoms. The quantitative estimate of drug-likeness (QED) is 0.593. The number of hydrogen-bond donors (Lipinski definition) is 2. The van der Waals surface area contributed by atoms with Crippen molar-refractivity contribution < 1.29 is 5.11 Å². The van der Waals surface area contributed by atoms with Crippen molar-refractivity contribution in [1.29, 1.82) is 0 Å². The third kappa shape index (κ3) is 4.93. The molecule has 0 saturated carbocycles. The van der Waals surface area contributed by atoms with Gasteiger partial charge in [0, 0.05) is 28.4 Å². The Hall–Kier alpha value is -0.630. The molecule has 0 aliphatic carbocycles. The van der Waals surface area contributed by atoms with E-state index in [1.165, 1.54) is 0 Å². The van der Waals surface area contributed by atoms with Crippen LogP contribution in [0.25, 0.3) is 0 Å². The van der Waals surface area contributed by atoms with E-state index in [0.717, 1.165) is 34.5 Å². The molecule has 0 aliphatic rings. The normalized spacial score (nSPS) is 12.1. The predicted octanol–water partition coefficient (Wildman–Crippen LogP) is 3.56. The molecule has 0 spiro atoms. The number of phenols is 1. The van der Waals surface area contributed by atoms with Gasteiger partial charge >= 0.3 is 0 Å². The fourth-order valence-electron chi connectivity index (χ4n) is 1.72. The molecule has 0 bridgehead atoms. The van der Waals surface area contributed by atoms with Crippen molar-refractivity contribution in [2.75, 3.05) is 18.1 Å². The number of phenolic OH excluding ortho intramolecular Hbond substituents is 1. The lowest BCUT2D eigenvalue weighted by Gasteiger charge is -2.18. The summed E-state index contributed by atoms with van der Waals surface area (Å²) in [4.78, 5) is 0. The zero-order chi connectivity index (χ0) is 13.4. The first kappa shape index (κ1) is 15.4. The standard InChI is InChI=1S/C14H18BrNOS/c1-3-8-18-9-7-16-13(4-2)12-10-11(15)5-6-14(12)17/h1,5-6,10,13,16-17H,4,7-9H2,2H3. The molecule has 1 unspecified atom stereocenters. The van der Waals surface area contributed by atoms with Crippen LogP contribution in [-0.4, -0.2) is 23.2 Å². The van der Waals surface area contributed by atoms with Gasteiger partial charge in [0.15, 0.2) is 0 Å². The van der Waals surface area contributed by atoms with Gasteiger partial charge in [-0.15, -0.1) is 18.2 Å². The van der Waals surface area contributed by atoms with Gasteiger partial charge in [0.1, 0.15) is 5.75 Å². The summed E-state index contributed by atoms with van der Waals surface area (Å²) >= 11 is 5.17. The maximum atomic E-state index is 9.88. The van der Waals surface area contributed by atoms with Gasteiger partial charge in [-0.05, 0) is 24.6 Å². The molecule has 0 fully saturated rings. The molecule has 0 radical (unpaired) electrons. The largest absolute Gasteiger partial charge is 0.508 e. The van der Waals surface area contributed by atoms with Gasteiger partial charge in [0.25, 0.3) is 0 Å². The number of rotatable bonds is 7. The first-order valence-electron chi connectivity index (χ1n) is 5.92. The second kappa shape index (κ2) is 8.47. The van der Waals surface area contributed by atoms with Crippen molar-refractivity contribution in [2.24, 2.45) is 0 Å². The highest BCUT2D eigenvalue weighted by atomic mass is 79.9. The third-order valence-corrected chi connectivity index (χ3v) is 3.95. The van der Waals surface area contributed by atoms with E-state index in [0.29, 0.717) is 5.75 Å². The smallest absolute Gasteiger partial charge is 0.120 e. The number of thioether (sulfide) groups is 1. The highest BCUT2D eigenvalue weighted by molar-refractivity contribution is 9.10. The molecule has 18 heavy (non-hydrogen) atoms. The van der Waals surface area contributed by atoms with Gasteiger partial charge in [-0.3, -0.25) is 0 Å². The summed E-state index contributed by atoms with van der Waals surface area (Å²) < 4.78 is 0.984. The lowest BCUT2D eigenvalue weighted by Crippen LogP contribution is -2.23. The monoisotopic (exact) mass is 327 g/mol. The lowest BCUT2D eigenvalue weighted by atomic mass is 10.0. The summed E-state index contributed by atoms with van der Waals surface area (Å²) in [6.45, 7) is 2.99. The van der Waals surface area contributed by atoms with Crippen LogP contribution in [0.3, 0.4) is 0 Å². The summed E-state index contributed by atoms with van der Waals surface area (Å²) in [7, 11) is 0. The van der Waals surface area contributed by atoms with E-state index in [-0.39, 0.29) is 6.04 Å². The van der Waals surface area contributed by atoms with Crippen molar-refractivity contribution >= 4 is 27.7 Å². The molecule has 1 rings (SSSR count). The number of nitrogens with one attached hydrogen (secondary N) is 1. The zero-order valence-corrected chi connectivity index (χ0v) is 12.9. The van der Waals surface area contributed by atoms with Crippen LogP contribution in [0.2, 0.25) is 0 Å². The minimum atomic E-state index is 0.175. The van der Waals surface area contributed by atoms with Crippen molar-refractivity contribution in [2.45, 2.75) is 19.4 Å². The third-order valence-electron chi connectivity index (χ3n) is 2.60. The molecule has 0 aliphatic heterocycles. The first-order valence-corrected chi connectivity index (χ1v) is 7.86. The van der Waals surface area contributed by atoms with E-state index in [1.54, 1.807) is 17.8 Å². The second-order valence-electron chi connectivity index (χ2n) is 3.87. The van der Waals surface area contributed by atoms with E-state index in [2.05, 4.69) is 34.1 Å². The highest BCUT2D eigenvalue weighted by Gasteiger charge is 2.13. The summed E-state index contributed by atoms with van der Waals surface area (Å²) in [5.74, 6) is 4.68. The predicted molar refractivity (Wildman–Crippen MR) is 83.0 cm³/mol. The van der Waals surface area contributed by atoms with E-state index in [4.69, 9.17) is 6.42 Å². The van der Waals surface area contributed by atoms with Gasteiger partial charge in [0.2, 0.25) is 0 Å². The Bertz CT molecular complexity index is 417. The van der Waals surface area contributed by atoms with Crippen LogP contribution in [0.5, 0.6) is 5.75 Å². The minimum Gasteiger partial charge on any atom is -0.508 e. The Balaban J connectivity index is 2.55. The van der Waals surface area contributed by atoms with Crippen LogP contribution >= 0.6 is 27.7 Å². The fourth-order valence-corrected chi connectivity index (χ4v) is 2.62. The Kier molecular flexibility index (Phi) is 7.26. The second-order valence-corrected chi connectivity index (χ2v) is 5.90. The van der Waals surface area contributed by atoms with Crippen LogP contribution in [0, 0.1) is 12.3 Å². The molecule has 0 saturated heterocycles. The van der Waals surface area contributed by atoms with Crippen LogP contribution < -0.4 is 5.32 Å². The topological polar surface area (TPSA) is 32.3 Å². The van der Waals surface area contributed by atoms with Gasteiger partial charge in [0.05, 0.1) is 5.75 Å². The average Bonchev–Trinajstić information content (AvgIpc) is 2.37. The molecule has 0 aromatic heterocycles. The Morgan fingerprint density at radius 2 is 2.33 bits per heavy atom. The maximum absolute atomic E-state index is 9.88. The summed E-state index contributed by atoms with van der Waals surface area (Å²) in [6, 6.07) is 5.70. The van der Waals surface area contributed by atoms with Gasteiger partial charge in [-0.2, -0.15) is 0 Å². The maximum Gasteiger partial charge on any atom is 0.120 e. The highest BCUT2D eigenvalue weighted by Crippen LogP contribution is 2.29. The molecule has 1 aromatic rings. The van der Waals surface area contributed by atoms with Gasteiger partial charge in [-0.25, -0.2) is 0 Å². The van der Waals surface area contributed by atoms with E-state index >= 15 is 0 Å². The van der Waals surface area contributed by atoms with Crippen molar-refractivity contribution in [3.63, 3.8) is 0 Å². The van der Waals surface area contributed by atoms with Crippen LogP contribution in [0.1, 0.15) is 24.9 Å². The van der Waals surface area contributed by atoms with Crippen molar-refractivity contribution in [3.05, 3.63) is 28.2 Å². The molecule has 2 nitrogen and oxygen atoms in total. The van der Waals surface area contributed by atoms with E-state index in [9.17, 15) is 5.11 Å². The summed E-state index contributed by atoms with van der Waals surface area (Å²) in [5, 5.41) is 13.3. The molecule has 2 N–H and O–H groups in total. The van der Waals surface area contributed by atoms with E-state index in [1.807, 2.05) is 12.1 Å². The van der Waals surface area contributed by atoms with Crippen LogP contribution in [0.4, 0.5) is 0 Å². The Labute approximate surface area is 122 Å². The van der Waals surface area contributed by atoms with Gasteiger partial charge in [-0.1, -0.05) is 28.8 Å². The van der Waals surface area contributed by atoms with Crippen molar-refractivity contribution in [1.82, 2.24) is 5.32 Å². The van der Waals surface area contributed by atoms with Gasteiger partial charge < -0.3 is 10.4 Å². The molecule has 0 amide bonds. The zero-order valence-electron chi connectivity index (χ0n) is 10.4. The molecular weight excluding hydrogens is 310 g/mol. The number of halogens is 1. The van der Waals surface area contributed by atoms with Crippen LogP contribution in [0.15, 0.2) is 22.7 Å². The summed E-state index contributed by atoms with van der Waals surface area (Å²) in [6.07, 6.45) is 6.13. The summed E-state index contributed by atoms with van der Waals surface area (Å²) in [5.41, 5.74) is 0.939. The number of benzene rings is 1. The number of aromatic hydroxyl groups is 1. The van der Waals surface area contributed by atoms with Crippen molar-refractivity contribution in [3.8, 4) is 18.1 Å². The average molecular weight is 328 g/mol. The molecule has 0 heterocycles. The Morgan fingerprint density at radius 3 is 3.00 bits per heavy atom. The molecule has 1 atom stereocenters. The number of terminal acetylenes is 1. The van der Waals surface area contributed by atoms with E-state index < -0.39 is 0 Å². The Morgan fingerprint density at radius 1 is 1.56 bits per heavy atom. The fraction of sp³-hybridized carbons (Fsp3) is 0.429. The molecular formula is C14H18BrNOS. The molecule has 98 valence electrons. The number of hydrogen-bond acceptors (Lipinski definition) is 3. The van der Waals surface area contributed by atoms with Crippen LogP contribution in [-0.2, 0) is 0 Å². The first-order chi connectivity index (χ1) is 8.69.